The number of halogens is 4. The van der Waals surface area contributed by atoms with E-state index < -0.39 is 23.8 Å². The second-order valence-corrected chi connectivity index (χ2v) is 2.36. The van der Waals surface area contributed by atoms with Gasteiger partial charge in [0.1, 0.15) is 0 Å². The molecule has 2 nitrogen and oxygen atoms in total. The molecule has 1 heterocycles. The molecule has 6 heteroatoms. The molecule has 0 aromatic carbocycles. The lowest BCUT2D eigenvalue weighted by molar-refractivity contribution is -0.206. The first-order valence-electron chi connectivity index (χ1n) is 3.27. The lowest BCUT2D eigenvalue weighted by Crippen LogP contribution is -2.20. The normalized spacial score (nSPS) is 14.2. The maximum absolute atomic E-state index is 12.2. The van der Waals surface area contributed by atoms with Crippen molar-refractivity contribution in [3.8, 4) is 0 Å². The van der Waals surface area contributed by atoms with Crippen molar-refractivity contribution >= 4 is 0 Å². The number of nitrogens with zero attached hydrogens (tertiary/aromatic N) is 1. The van der Waals surface area contributed by atoms with Gasteiger partial charge in [-0.25, -0.2) is 4.98 Å². The van der Waals surface area contributed by atoms with Gasteiger partial charge in [-0.15, -0.1) is 0 Å². The Morgan fingerprint density at radius 3 is 2.31 bits per heavy atom. The van der Waals surface area contributed by atoms with Crippen molar-refractivity contribution in [1.29, 1.82) is 0 Å². The van der Waals surface area contributed by atoms with Crippen LogP contribution in [-0.4, -0.2) is 16.3 Å². The third-order valence-corrected chi connectivity index (χ3v) is 1.38. The molecule has 0 bridgehead atoms. The highest BCUT2D eigenvalue weighted by atomic mass is 19.4. The molecule has 1 atom stereocenters. The van der Waals surface area contributed by atoms with E-state index in [1.54, 1.807) is 0 Å². The minimum Gasteiger partial charge on any atom is -0.379 e. The molecule has 0 fully saturated rings. The first kappa shape index (κ1) is 9.91. The van der Waals surface area contributed by atoms with Crippen molar-refractivity contribution in [2.45, 2.75) is 12.3 Å². The lowest BCUT2D eigenvalue weighted by Gasteiger charge is -2.13. The second-order valence-electron chi connectivity index (χ2n) is 2.36. The Morgan fingerprint density at radius 1 is 1.31 bits per heavy atom. The predicted molar refractivity (Wildman–Crippen MR) is 35.2 cm³/mol. The zero-order chi connectivity index (χ0) is 10.1. The smallest absolute Gasteiger partial charge is 0.379 e. The van der Waals surface area contributed by atoms with Gasteiger partial charge in [-0.1, -0.05) is 6.07 Å². The minimum atomic E-state index is -4.75. The third kappa shape index (κ3) is 2.38. The zero-order valence-electron chi connectivity index (χ0n) is 6.22. The van der Waals surface area contributed by atoms with Crippen LogP contribution in [0.4, 0.5) is 17.6 Å². The molecule has 0 radical (unpaired) electrons. The van der Waals surface area contributed by atoms with Crippen LogP contribution in [0.5, 0.6) is 0 Å². The second kappa shape index (κ2) is 3.29. The van der Waals surface area contributed by atoms with E-state index in [2.05, 4.69) is 4.98 Å². The Labute approximate surface area is 70.8 Å². The van der Waals surface area contributed by atoms with Crippen molar-refractivity contribution in [3.63, 3.8) is 0 Å². The van der Waals surface area contributed by atoms with Gasteiger partial charge in [0, 0.05) is 11.8 Å². The fourth-order valence-electron chi connectivity index (χ4n) is 0.738. The van der Waals surface area contributed by atoms with Crippen LogP contribution >= 0.6 is 0 Å². The SMILES string of the molecule is O[C@@H](c1ccc(F)nc1)C(F)(F)F. The van der Waals surface area contributed by atoms with Crippen LogP contribution in [0.3, 0.4) is 0 Å². The molecule has 72 valence electrons. The third-order valence-electron chi connectivity index (χ3n) is 1.38. The first-order chi connectivity index (χ1) is 5.91. The Balaban J connectivity index is 2.90. The molecule has 1 N–H and O–H groups in total. The van der Waals surface area contributed by atoms with E-state index in [0.717, 1.165) is 12.1 Å². The van der Waals surface area contributed by atoms with Gasteiger partial charge in [0.05, 0.1) is 0 Å². The number of rotatable bonds is 1. The molecule has 0 saturated carbocycles. The highest BCUT2D eigenvalue weighted by molar-refractivity contribution is 5.13. The molecule has 0 aliphatic rings. The Morgan fingerprint density at radius 2 is 1.92 bits per heavy atom. The zero-order valence-corrected chi connectivity index (χ0v) is 6.22. The van der Waals surface area contributed by atoms with Gasteiger partial charge in [0.2, 0.25) is 5.95 Å². The molecular weight excluding hydrogens is 190 g/mol. The summed E-state index contributed by atoms with van der Waals surface area (Å²) in [5, 5.41) is 8.66. The maximum Gasteiger partial charge on any atom is 0.418 e. The average Bonchev–Trinajstić information content (AvgIpc) is 2.03. The van der Waals surface area contributed by atoms with Crippen LogP contribution in [0.2, 0.25) is 0 Å². The van der Waals surface area contributed by atoms with Crippen molar-refractivity contribution < 1.29 is 22.7 Å². The number of aromatic nitrogens is 1. The van der Waals surface area contributed by atoms with Crippen LogP contribution in [0.25, 0.3) is 0 Å². The van der Waals surface area contributed by atoms with E-state index in [1.807, 2.05) is 0 Å². The molecule has 0 spiro atoms. The van der Waals surface area contributed by atoms with Gasteiger partial charge in [0.25, 0.3) is 0 Å². The van der Waals surface area contributed by atoms with Crippen LogP contribution in [0.15, 0.2) is 18.3 Å². The fraction of sp³-hybridized carbons (Fsp3) is 0.286. The van der Waals surface area contributed by atoms with E-state index in [9.17, 15) is 17.6 Å². The number of pyridine rings is 1. The van der Waals surface area contributed by atoms with Crippen molar-refractivity contribution in [1.82, 2.24) is 4.98 Å². The quantitative estimate of drug-likeness (QED) is 0.547. The van der Waals surface area contributed by atoms with E-state index in [0.29, 0.717) is 6.20 Å². The lowest BCUT2D eigenvalue weighted by atomic mass is 10.1. The summed E-state index contributed by atoms with van der Waals surface area (Å²) in [6.45, 7) is 0. The molecule has 0 amide bonds. The van der Waals surface area contributed by atoms with E-state index in [4.69, 9.17) is 5.11 Å². The summed E-state index contributed by atoms with van der Waals surface area (Å²) < 4.78 is 47.8. The monoisotopic (exact) mass is 195 g/mol. The minimum absolute atomic E-state index is 0.478. The summed E-state index contributed by atoms with van der Waals surface area (Å²) in [6.07, 6.45) is -6.71. The Bertz CT molecular complexity index is 282. The molecule has 13 heavy (non-hydrogen) atoms. The van der Waals surface area contributed by atoms with Crippen molar-refractivity contribution in [3.05, 3.63) is 29.8 Å². The predicted octanol–water partition coefficient (Wildman–Crippen LogP) is 1.82. The molecule has 1 aromatic heterocycles. The molecular formula is C7H5F4NO. The van der Waals surface area contributed by atoms with E-state index >= 15 is 0 Å². The van der Waals surface area contributed by atoms with Crippen LogP contribution < -0.4 is 0 Å². The number of aliphatic hydroxyl groups is 1. The number of hydrogen-bond donors (Lipinski definition) is 1. The van der Waals surface area contributed by atoms with Crippen molar-refractivity contribution in [2.24, 2.45) is 0 Å². The van der Waals surface area contributed by atoms with Gasteiger partial charge < -0.3 is 5.11 Å². The van der Waals surface area contributed by atoms with E-state index in [1.165, 1.54) is 0 Å². The molecule has 0 saturated heterocycles. The van der Waals surface area contributed by atoms with E-state index in [-0.39, 0.29) is 0 Å². The average molecular weight is 195 g/mol. The van der Waals surface area contributed by atoms with Crippen LogP contribution in [0, 0.1) is 5.95 Å². The standard InChI is InChI=1S/C7H5F4NO/c8-5-2-1-4(3-12-5)6(13)7(9,10)11/h1-3,6,13H/t6-/m0/s1. The molecule has 0 unspecified atom stereocenters. The topological polar surface area (TPSA) is 33.1 Å². The highest BCUT2D eigenvalue weighted by Gasteiger charge is 2.39. The summed E-state index contributed by atoms with van der Waals surface area (Å²) in [5.41, 5.74) is -0.478. The largest absolute Gasteiger partial charge is 0.418 e. The molecule has 0 aliphatic carbocycles. The van der Waals surface area contributed by atoms with Gasteiger partial charge >= 0.3 is 6.18 Å². The number of hydrogen-bond acceptors (Lipinski definition) is 2. The maximum atomic E-state index is 12.2. The highest BCUT2D eigenvalue weighted by Crippen LogP contribution is 2.31. The van der Waals surface area contributed by atoms with Gasteiger partial charge in [-0.05, 0) is 6.07 Å². The summed E-state index contributed by atoms with van der Waals surface area (Å²) in [7, 11) is 0. The van der Waals surface area contributed by atoms with Gasteiger partial charge in [-0.2, -0.15) is 17.6 Å². The number of alkyl halides is 3. The van der Waals surface area contributed by atoms with Gasteiger partial charge in [0.15, 0.2) is 6.10 Å². The fourth-order valence-corrected chi connectivity index (χ4v) is 0.738. The summed E-state index contributed by atoms with van der Waals surface area (Å²) in [6, 6.07) is 1.59. The summed E-state index contributed by atoms with van der Waals surface area (Å²) in [5.74, 6) is -0.891. The van der Waals surface area contributed by atoms with Crippen LogP contribution in [-0.2, 0) is 0 Å². The Kier molecular flexibility index (Phi) is 2.51. The molecule has 1 rings (SSSR count). The van der Waals surface area contributed by atoms with Crippen molar-refractivity contribution in [2.75, 3.05) is 0 Å². The first-order valence-corrected chi connectivity index (χ1v) is 3.27. The summed E-state index contributed by atoms with van der Waals surface area (Å²) >= 11 is 0. The van der Waals surface area contributed by atoms with Gasteiger partial charge in [-0.3, -0.25) is 0 Å². The summed E-state index contributed by atoms with van der Waals surface area (Å²) in [4.78, 5) is 2.99. The number of aliphatic hydroxyl groups excluding tert-OH is 1. The molecule has 0 aliphatic heterocycles. The molecule has 1 aromatic rings. The Hall–Kier alpha value is -1.17. The van der Waals surface area contributed by atoms with Crippen LogP contribution in [0.1, 0.15) is 11.7 Å².